The molecule has 1 aromatic heterocycles. The lowest BCUT2D eigenvalue weighted by atomic mass is 10.2. The second-order valence-electron chi connectivity index (χ2n) is 4.18. The first-order valence-electron chi connectivity index (χ1n) is 5.80. The molecule has 0 aliphatic rings. The molecule has 0 aliphatic heterocycles. The zero-order valence-corrected chi connectivity index (χ0v) is 12.5. The average Bonchev–Trinajstić information content (AvgIpc) is 2.86. The van der Waals surface area contributed by atoms with Gasteiger partial charge in [0.15, 0.2) is 0 Å². The largest absolute Gasteiger partial charge is 0.390 e. The Morgan fingerprint density at radius 3 is 2.84 bits per heavy atom. The van der Waals surface area contributed by atoms with Crippen LogP contribution in [0.2, 0.25) is 10.0 Å². The number of nitrogens with zero attached hydrogens (tertiary/aromatic N) is 2. The van der Waals surface area contributed by atoms with Gasteiger partial charge in [-0.25, -0.2) is 4.98 Å². The van der Waals surface area contributed by atoms with Crippen LogP contribution in [0.3, 0.4) is 0 Å². The molecule has 3 nitrogen and oxygen atoms in total. The van der Waals surface area contributed by atoms with Gasteiger partial charge in [0.2, 0.25) is 0 Å². The third-order valence-corrected chi connectivity index (χ3v) is 4.44. The average molecular weight is 317 g/mol. The Hall–Kier alpha value is -0.680. The van der Waals surface area contributed by atoms with Crippen molar-refractivity contribution < 1.29 is 5.11 Å². The number of benzene rings is 1. The lowest BCUT2D eigenvalue weighted by Gasteiger charge is -2.11. The Kier molecular flexibility index (Phi) is 5.58. The molecule has 1 heterocycles. The second-order valence-corrected chi connectivity index (χ2v) is 6.02. The van der Waals surface area contributed by atoms with E-state index in [-0.39, 0.29) is 6.10 Å². The van der Waals surface area contributed by atoms with E-state index >= 15 is 0 Å². The molecule has 2 aromatic rings. The zero-order valence-electron chi connectivity index (χ0n) is 10.2. The molecule has 0 fully saturated rings. The van der Waals surface area contributed by atoms with E-state index in [9.17, 15) is 5.11 Å². The fourth-order valence-electron chi connectivity index (χ4n) is 1.63. The number of aromatic nitrogens is 2. The number of aliphatic hydroxyl groups is 1. The summed E-state index contributed by atoms with van der Waals surface area (Å²) in [5, 5.41) is 11.0. The van der Waals surface area contributed by atoms with Gasteiger partial charge in [0, 0.05) is 23.9 Å². The van der Waals surface area contributed by atoms with Crippen molar-refractivity contribution in [2.24, 2.45) is 0 Å². The Bertz CT molecular complexity index is 519. The van der Waals surface area contributed by atoms with Crippen LogP contribution in [0.5, 0.6) is 0 Å². The summed E-state index contributed by atoms with van der Waals surface area (Å²) in [5.41, 5.74) is 1.11. The molecule has 19 heavy (non-hydrogen) atoms. The molecule has 0 saturated heterocycles. The standard InChI is InChI=1S/C13H14Cl2N2OS/c14-12-2-1-10(5-13(12)15)7-19-8-11(18)6-17-4-3-16-9-17/h1-5,9,11,18H,6-8H2. The maximum Gasteiger partial charge on any atom is 0.0946 e. The van der Waals surface area contributed by atoms with Gasteiger partial charge in [0.1, 0.15) is 0 Å². The molecule has 0 saturated carbocycles. The lowest BCUT2D eigenvalue weighted by Crippen LogP contribution is -2.17. The van der Waals surface area contributed by atoms with Crippen LogP contribution >= 0.6 is 35.0 Å². The van der Waals surface area contributed by atoms with E-state index in [2.05, 4.69) is 4.98 Å². The van der Waals surface area contributed by atoms with Gasteiger partial charge in [-0.3, -0.25) is 0 Å². The highest BCUT2D eigenvalue weighted by Gasteiger charge is 2.06. The summed E-state index contributed by atoms with van der Waals surface area (Å²) in [5.74, 6) is 1.47. The molecular weight excluding hydrogens is 303 g/mol. The van der Waals surface area contributed by atoms with E-state index < -0.39 is 0 Å². The minimum atomic E-state index is -0.387. The minimum Gasteiger partial charge on any atom is -0.390 e. The topological polar surface area (TPSA) is 38.0 Å². The highest BCUT2D eigenvalue weighted by atomic mass is 35.5. The molecule has 1 N–H and O–H groups in total. The first kappa shape index (κ1) is 14.7. The van der Waals surface area contributed by atoms with E-state index in [0.717, 1.165) is 11.3 Å². The summed E-state index contributed by atoms with van der Waals surface area (Å²) < 4.78 is 1.87. The van der Waals surface area contributed by atoms with E-state index in [1.54, 1.807) is 30.4 Å². The number of rotatable bonds is 6. The number of imidazole rings is 1. The molecule has 0 aliphatic carbocycles. The Balaban J connectivity index is 1.75. The third kappa shape index (κ3) is 4.73. The van der Waals surface area contributed by atoms with Crippen molar-refractivity contribution in [3.8, 4) is 0 Å². The summed E-state index contributed by atoms with van der Waals surface area (Å²) in [6, 6.07) is 5.60. The molecule has 0 amide bonds. The molecule has 1 unspecified atom stereocenters. The smallest absolute Gasteiger partial charge is 0.0946 e. The predicted molar refractivity (Wildman–Crippen MR) is 80.9 cm³/mol. The summed E-state index contributed by atoms with van der Waals surface area (Å²) in [6.07, 6.45) is 4.86. The number of hydrogen-bond donors (Lipinski definition) is 1. The van der Waals surface area contributed by atoms with Crippen molar-refractivity contribution >= 4 is 35.0 Å². The van der Waals surface area contributed by atoms with Gasteiger partial charge in [-0.15, -0.1) is 0 Å². The third-order valence-electron chi connectivity index (χ3n) is 2.54. The van der Waals surface area contributed by atoms with Gasteiger partial charge in [0.25, 0.3) is 0 Å². The quantitative estimate of drug-likeness (QED) is 0.886. The first-order valence-corrected chi connectivity index (χ1v) is 7.71. The Morgan fingerprint density at radius 1 is 1.32 bits per heavy atom. The van der Waals surface area contributed by atoms with Crippen LogP contribution in [0, 0.1) is 0 Å². The maximum absolute atomic E-state index is 9.88. The highest BCUT2D eigenvalue weighted by Crippen LogP contribution is 2.24. The summed E-state index contributed by atoms with van der Waals surface area (Å²) in [7, 11) is 0. The van der Waals surface area contributed by atoms with Crippen molar-refractivity contribution in [2.45, 2.75) is 18.4 Å². The molecule has 1 aromatic carbocycles. The van der Waals surface area contributed by atoms with Crippen LogP contribution in [0.25, 0.3) is 0 Å². The van der Waals surface area contributed by atoms with Crippen LogP contribution in [-0.2, 0) is 12.3 Å². The molecule has 0 bridgehead atoms. The van der Waals surface area contributed by atoms with Gasteiger partial charge < -0.3 is 9.67 Å². The van der Waals surface area contributed by atoms with Crippen LogP contribution in [0.4, 0.5) is 0 Å². The van der Waals surface area contributed by atoms with Gasteiger partial charge in [-0.1, -0.05) is 29.3 Å². The fourth-order valence-corrected chi connectivity index (χ4v) is 2.86. The summed E-state index contributed by atoms with van der Waals surface area (Å²) in [6.45, 7) is 0.564. The number of aliphatic hydroxyl groups excluding tert-OH is 1. The molecule has 2 rings (SSSR count). The molecule has 0 spiro atoms. The fraction of sp³-hybridized carbons (Fsp3) is 0.308. The second kappa shape index (κ2) is 7.20. The van der Waals surface area contributed by atoms with Crippen molar-refractivity contribution in [1.82, 2.24) is 9.55 Å². The molecular formula is C13H14Cl2N2OS. The summed E-state index contributed by atoms with van der Waals surface area (Å²) >= 11 is 13.5. The van der Waals surface area contributed by atoms with E-state index in [1.807, 2.05) is 22.9 Å². The van der Waals surface area contributed by atoms with E-state index in [4.69, 9.17) is 23.2 Å². The minimum absolute atomic E-state index is 0.387. The van der Waals surface area contributed by atoms with Crippen molar-refractivity contribution in [2.75, 3.05) is 5.75 Å². The Morgan fingerprint density at radius 2 is 2.16 bits per heavy atom. The molecule has 1 atom stereocenters. The molecule has 6 heteroatoms. The molecule has 0 radical (unpaired) electrons. The van der Waals surface area contributed by atoms with Crippen LogP contribution in [0.1, 0.15) is 5.56 Å². The number of hydrogen-bond acceptors (Lipinski definition) is 3. The first-order chi connectivity index (χ1) is 9.15. The number of thioether (sulfide) groups is 1. The van der Waals surface area contributed by atoms with Crippen LogP contribution in [-0.4, -0.2) is 26.5 Å². The SMILES string of the molecule is OC(CSCc1ccc(Cl)c(Cl)c1)Cn1ccnc1. The van der Waals surface area contributed by atoms with Crippen LogP contribution < -0.4 is 0 Å². The van der Waals surface area contributed by atoms with E-state index in [1.165, 1.54) is 0 Å². The van der Waals surface area contributed by atoms with Crippen molar-refractivity contribution in [3.05, 3.63) is 52.5 Å². The van der Waals surface area contributed by atoms with Gasteiger partial charge in [-0.05, 0) is 17.7 Å². The normalized spacial score (nSPS) is 12.6. The van der Waals surface area contributed by atoms with Gasteiger partial charge >= 0.3 is 0 Å². The highest BCUT2D eigenvalue weighted by molar-refractivity contribution is 7.98. The summed E-state index contributed by atoms with van der Waals surface area (Å²) in [4.78, 5) is 3.94. The monoisotopic (exact) mass is 316 g/mol. The number of halogens is 2. The van der Waals surface area contributed by atoms with Gasteiger partial charge in [0.05, 0.1) is 29.0 Å². The van der Waals surface area contributed by atoms with Crippen molar-refractivity contribution in [3.63, 3.8) is 0 Å². The van der Waals surface area contributed by atoms with Crippen molar-refractivity contribution in [1.29, 1.82) is 0 Å². The van der Waals surface area contributed by atoms with Crippen LogP contribution in [0.15, 0.2) is 36.9 Å². The maximum atomic E-state index is 9.88. The Labute approximate surface area is 126 Å². The van der Waals surface area contributed by atoms with Gasteiger partial charge in [-0.2, -0.15) is 11.8 Å². The molecule has 102 valence electrons. The van der Waals surface area contributed by atoms with E-state index in [0.29, 0.717) is 22.3 Å². The zero-order chi connectivity index (χ0) is 13.7. The predicted octanol–water partition coefficient (Wildman–Crippen LogP) is 3.48. The lowest BCUT2D eigenvalue weighted by molar-refractivity contribution is 0.178.